The first-order valence-electron chi connectivity index (χ1n) is 6.49. The Labute approximate surface area is 143 Å². The van der Waals surface area contributed by atoms with Gasteiger partial charge < -0.3 is 15.0 Å². The van der Waals surface area contributed by atoms with Crippen LogP contribution in [0.1, 0.15) is 16.8 Å². The summed E-state index contributed by atoms with van der Waals surface area (Å²) in [5, 5.41) is 11.6. The van der Waals surface area contributed by atoms with E-state index in [0.29, 0.717) is 0 Å². The number of rotatable bonds is 5. The molecule has 0 saturated heterocycles. The molecule has 120 valence electrons. The van der Waals surface area contributed by atoms with E-state index in [1.807, 2.05) is 22.6 Å². The highest BCUT2D eigenvalue weighted by atomic mass is 127. The topological polar surface area (TPSA) is 121 Å². The van der Waals surface area contributed by atoms with Crippen LogP contribution in [0.25, 0.3) is 0 Å². The molecule has 0 bridgehead atoms. The molecule has 1 heterocycles. The fraction of sp³-hybridized carbons (Fsp3) is 0.143. The summed E-state index contributed by atoms with van der Waals surface area (Å²) < 4.78 is 1.92. The lowest BCUT2D eigenvalue weighted by molar-refractivity contribution is -0.116. The number of nitrogens with one attached hydrogen (secondary N) is 2. The second-order valence-corrected chi connectivity index (χ2v) is 5.84. The van der Waals surface area contributed by atoms with E-state index in [9.17, 15) is 19.2 Å². The van der Waals surface area contributed by atoms with Crippen LogP contribution in [0.3, 0.4) is 0 Å². The Balaban J connectivity index is 2.07. The Morgan fingerprint density at radius 3 is 2.65 bits per heavy atom. The molecule has 0 unspecified atom stereocenters. The summed E-state index contributed by atoms with van der Waals surface area (Å²) in [5.41, 5.74) is -0.935. The van der Waals surface area contributed by atoms with Crippen LogP contribution in [0.4, 0.5) is 5.69 Å². The van der Waals surface area contributed by atoms with Crippen molar-refractivity contribution in [1.29, 1.82) is 0 Å². The largest absolute Gasteiger partial charge is 0.478 e. The minimum absolute atomic E-state index is 0.00791. The maximum Gasteiger partial charge on any atom is 0.337 e. The summed E-state index contributed by atoms with van der Waals surface area (Å²) in [6.07, 6.45) is 1.25. The predicted molar refractivity (Wildman–Crippen MR) is 90.7 cm³/mol. The monoisotopic (exact) mass is 429 g/mol. The molecule has 3 N–H and O–H groups in total. The standard InChI is InChI=1S/C14H12IN3O5/c15-8-1-2-10(9(7-8)13(21)22)16-11(19)3-5-18-6-4-12(20)17-14(18)23/h1-2,4,6-7H,3,5H2,(H,16,19)(H,21,22)(H,17,20,23). The smallest absolute Gasteiger partial charge is 0.337 e. The van der Waals surface area contributed by atoms with Gasteiger partial charge in [0.2, 0.25) is 5.91 Å². The maximum absolute atomic E-state index is 11.9. The van der Waals surface area contributed by atoms with Crippen LogP contribution in [0, 0.1) is 3.57 Å². The van der Waals surface area contributed by atoms with Gasteiger partial charge in [0, 0.05) is 28.8 Å². The molecule has 2 aromatic rings. The Morgan fingerprint density at radius 1 is 1.26 bits per heavy atom. The quantitative estimate of drug-likeness (QED) is 0.610. The Kier molecular flexibility index (Phi) is 5.32. The molecule has 0 saturated carbocycles. The zero-order chi connectivity index (χ0) is 17.0. The molecule has 9 heteroatoms. The number of carboxylic acid groups (broad SMARTS) is 1. The van der Waals surface area contributed by atoms with E-state index in [1.165, 1.54) is 29.0 Å². The van der Waals surface area contributed by atoms with Gasteiger partial charge in [-0.2, -0.15) is 0 Å². The number of aromatic nitrogens is 2. The molecule has 0 aliphatic carbocycles. The molecular formula is C14H12IN3O5. The maximum atomic E-state index is 11.9. The first-order valence-corrected chi connectivity index (χ1v) is 7.57. The number of aromatic amines is 1. The number of aromatic carboxylic acids is 1. The molecule has 0 radical (unpaired) electrons. The Hall–Kier alpha value is -2.43. The van der Waals surface area contributed by atoms with Crippen molar-refractivity contribution in [2.45, 2.75) is 13.0 Å². The second kappa shape index (κ2) is 7.22. The van der Waals surface area contributed by atoms with Gasteiger partial charge in [-0.05, 0) is 40.8 Å². The number of amides is 1. The number of nitrogens with zero attached hydrogens (tertiary/aromatic N) is 1. The predicted octanol–water partition coefficient (Wildman–Crippen LogP) is 0.868. The molecule has 1 amide bonds. The lowest BCUT2D eigenvalue weighted by Crippen LogP contribution is -2.29. The van der Waals surface area contributed by atoms with Crippen molar-refractivity contribution in [2.75, 3.05) is 5.32 Å². The van der Waals surface area contributed by atoms with E-state index in [-0.39, 0.29) is 24.2 Å². The van der Waals surface area contributed by atoms with E-state index < -0.39 is 23.1 Å². The van der Waals surface area contributed by atoms with Gasteiger partial charge in [0.15, 0.2) is 0 Å². The van der Waals surface area contributed by atoms with Crippen LogP contribution < -0.4 is 16.6 Å². The molecule has 2 rings (SSSR count). The summed E-state index contributed by atoms with van der Waals surface area (Å²) in [5.74, 6) is -1.58. The summed E-state index contributed by atoms with van der Waals surface area (Å²) in [6.45, 7) is 0.0637. The summed E-state index contributed by atoms with van der Waals surface area (Å²) in [4.78, 5) is 47.6. The van der Waals surface area contributed by atoms with Crippen molar-refractivity contribution in [3.63, 3.8) is 0 Å². The van der Waals surface area contributed by atoms with Gasteiger partial charge in [-0.15, -0.1) is 0 Å². The van der Waals surface area contributed by atoms with Crippen molar-refractivity contribution in [3.05, 3.63) is 60.4 Å². The van der Waals surface area contributed by atoms with Crippen LogP contribution in [0.2, 0.25) is 0 Å². The number of aryl methyl sites for hydroxylation is 1. The van der Waals surface area contributed by atoms with Crippen molar-refractivity contribution in [3.8, 4) is 0 Å². The molecule has 1 aromatic heterocycles. The van der Waals surface area contributed by atoms with Gasteiger partial charge in [0.05, 0.1) is 11.3 Å². The summed E-state index contributed by atoms with van der Waals surface area (Å²) >= 11 is 1.98. The average Bonchev–Trinajstić information content (AvgIpc) is 2.48. The van der Waals surface area contributed by atoms with E-state index in [0.717, 1.165) is 3.57 Å². The fourth-order valence-corrected chi connectivity index (χ4v) is 2.35. The van der Waals surface area contributed by atoms with Crippen molar-refractivity contribution in [2.24, 2.45) is 0 Å². The SMILES string of the molecule is O=C(CCn1ccc(=O)[nH]c1=O)Nc1ccc(I)cc1C(=O)O. The van der Waals surface area contributed by atoms with Gasteiger partial charge in [0.1, 0.15) is 0 Å². The third-order valence-electron chi connectivity index (χ3n) is 2.96. The molecular weight excluding hydrogens is 417 g/mol. The molecule has 0 atom stereocenters. The molecule has 0 fully saturated rings. The number of halogens is 1. The van der Waals surface area contributed by atoms with Gasteiger partial charge in [-0.1, -0.05) is 0 Å². The number of hydrogen-bond acceptors (Lipinski definition) is 4. The third kappa shape index (κ3) is 4.52. The molecule has 0 aliphatic rings. The van der Waals surface area contributed by atoms with Crippen molar-refractivity contribution in [1.82, 2.24) is 9.55 Å². The lowest BCUT2D eigenvalue weighted by Gasteiger charge is -2.09. The zero-order valence-electron chi connectivity index (χ0n) is 11.7. The number of benzene rings is 1. The summed E-state index contributed by atoms with van der Waals surface area (Å²) in [7, 11) is 0. The highest BCUT2D eigenvalue weighted by molar-refractivity contribution is 14.1. The van der Waals surface area contributed by atoms with E-state index in [1.54, 1.807) is 6.07 Å². The van der Waals surface area contributed by atoms with E-state index in [4.69, 9.17) is 5.11 Å². The number of carbonyl (C=O) groups excluding carboxylic acids is 1. The third-order valence-corrected chi connectivity index (χ3v) is 3.63. The molecule has 23 heavy (non-hydrogen) atoms. The van der Waals surface area contributed by atoms with Crippen LogP contribution in [-0.4, -0.2) is 26.5 Å². The van der Waals surface area contributed by atoms with Gasteiger partial charge in [0.25, 0.3) is 5.56 Å². The van der Waals surface area contributed by atoms with Gasteiger partial charge in [-0.3, -0.25) is 14.6 Å². The first kappa shape index (κ1) is 16.9. The minimum Gasteiger partial charge on any atom is -0.478 e. The minimum atomic E-state index is -1.14. The molecule has 8 nitrogen and oxygen atoms in total. The number of hydrogen-bond donors (Lipinski definition) is 3. The van der Waals surface area contributed by atoms with Crippen LogP contribution >= 0.6 is 22.6 Å². The Bertz CT molecular complexity index is 871. The van der Waals surface area contributed by atoms with Crippen molar-refractivity contribution >= 4 is 40.2 Å². The first-order chi connectivity index (χ1) is 10.9. The van der Waals surface area contributed by atoms with E-state index >= 15 is 0 Å². The summed E-state index contributed by atoms with van der Waals surface area (Å²) in [6, 6.07) is 5.82. The normalized spacial score (nSPS) is 10.3. The highest BCUT2D eigenvalue weighted by Gasteiger charge is 2.13. The number of H-pyrrole nitrogens is 1. The molecule has 1 aromatic carbocycles. The molecule has 0 spiro atoms. The fourth-order valence-electron chi connectivity index (χ4n) is 1.86. The van der Waals surface area contributed by atoms with Crippen molar-refractivity contribution < 1.29 is 14.7 Å². The average molecular weight is 429 g/mol. The lowest BCUT2D eigenvalue weighted by atomic mass is 10.2. The van der Waals surface area contributed by atoms with Crippen LogP contribution in [-0.2, 0) is 11.3 Å². The van der Waals surface area contributed by atoms with Crippen LogP contribution in [0.5, 0.6) is 0 Å². The van der Waals surface area contributed by atoms with Gasteiger partial charge >= 0.3 is 11.7 Å². The molecule has 0 aliphatic heterocycles. The zero-order valence-corrected chi connectivity index (χ0v) is 13.9. The van der Waals surface area contributed by atoms with Crippen LogP contribution in [0.15, 0.2) is 40.1 Å². The highest BCUT2D eigenvalue weighted by Crippen LogP contribution is 2.19. The number of anilines is 1. The Morgan fingerprint density at radius 2 is 2.00 bits per heavy atom. The van der Waals surface area contributed by atoms with E-state index in [2.05, 4.69) is 10.3 Å². The number of carboxylic acids is 1. The second-order valence-electron chi connectivity index (χ2n) is 4.60. The number of carbonyl (C=O) groups is 2. The van der Waals surface area contributed by atoms with Gasteiger partial charge in [-0.25, -0.2) is 9.59 Å².